The molecule has 0 spiro atoms. The standard InChI is InChI=1S/C18H16N6O2/c1-23-9-14(7-22-23)16-8-20-18-15(21-11-25)5-13(10-24(16)18)12-3-4-17(26-2)19-6-12/h3-11H,1-2H3,(H,21,25). The van der Waals surface area contributed by atoms with E-state index in [1.807, 2.05) is 36.0 Å². The van der Waals surface area contributed by atoms with Gasteiger partial charge in [-0.3, -0.25) is 13.9 Å². The predicted molar refractivity (Wildman–Crippen MR) is 96.9 cm³/mol. The predicted octanol–water partition coefficient (Wildman–Crippen LogP) is 2.37. The summed E-state index contributed by atoms with van der Waals surface area (Å²) in [4.78, 5) is 19.7. The lowest BCUT2D eigenvalue weighted by Crippen LogP contribution is -2.00. The molecule has 0 bridgehead atoms. The maximum absolute atomic E-state index is 11.0. The third-order valence-electron chi connectivity index (χ3n) is 4.10. The third kappa shape index (κ3) is 2.67. The van der Waals surface area contributed by atoms with Crippen LogP contribution >= 0.6 is 0 Å². The van der Waals surface area contributed by atoms with Crippen molar-refractivity contribution in [2.75, 3.05) is 12.4 Å². The van der Waals surface area contributed by atoms with Crippen LogP contribution in [0.4, 0.5) is 5.69 Å². The lowest BCUT2D eigenvalue weighted by Gasteiger charge is -2.09. The summed E-state index contributed by atoms with van der Waals surface area (Å²) in [5.74, 6) is 0.541. The van der Waals surface area contributed by atoms with E-state index >= 15 is 0 Å². The van der Waals surface area contributed by atoms with E-state index in [0.717, 1.165) is 22.4 Å². The second-order valence-electron chi connectivity index (χ2n) is 5.73. The number of ether oxygens (including phenoxy) is 1. The second kappa shape index (κ2) is 6.32. The van der Waals surface area contributed by atoms with Crippen molar-refractivity contribution < 1.29 is 9.53 Å². The Bertz CT molecular complexity index is 1080. The van der Waals surface area contributed by atoms with Crippen LogP contribution in [0.3, 0.4) is 0 Å². The molecule has 0 saturated carbocycles. The summed E-state index contributed by atoms with van der Waals surface area (Å²) in [6.07, 6.45) is 9.79. The molecule has 130 valence electrons. The number of nitrogens with one attached hydrogen (secondary N) is 1. The molecule has 0 aliphatic rings. The van der Waals surface area contributed by atoms with Gasteiger partial charge in [-0.2, -0.15) is 5.10 Å². The molecule has 0 radical (unpaired) electrons. The molecule has 1 amide bonds. The first kappa shape index (κ1) is 15.8. The molecule has 0 aromatic carbocycles. The van der Waals surface area contributed by atoms with E-state index in [1.54, 1.807) is 36.4 Å². The molecular formula is C18H16N6O2. The van der Waals surface area contributed by atoms with Crippen LogP contribution in [0.1, 0.15) is 0 Å². The Balaban J connectivity index is 1.91. The highest BCUT2D eigenvalue weighted by Crippen LogP contribution is 2.30. The number of nitrogens with zero attached hydrogens (tertiary/aromatic N) is 5. The van der Waals surface area contributed by atoms with Crippen LogP contribution in [0.2, 0.25) is 0 Å². The van der Waals surface area contributed by atoms with E-state index in [2.05, 4.69) is 20.4 Å². The number of hydrogen-bond acceptors (Lipinski definition) is 5. The van der Waals surface area contributed by atoms with Crippen LogP contribution in [0.15, 0.2) is 49.2 Å². The molecule has 4 heterocycles. The maximum Gasteiger partial charge on any atom is 0.212 e. The molecule has 4 aromatic rings. The Hall–Kier alpha value is -3.68. The largest absolute Gasteiger partial charge is 0.481 e. The fourth-order valence-electron chi connectivity index (χ4n) is 2.85. The topological polar surface area (TPSA) is 86.3 Å². The number of hydrogen-bond donors (Lipinski definition) is 1. The van der Waals surface area contributed by atoms with Crippen molar-refractivity contribution in [3.05, 3.63) is 49.2 Å². The molecule has 0 unspecified atom stereocenters. The normalized spacial score (nSPS) is 10.8. The van der Waals surface area contributed by atoms with Gasteiger partial charge in [-0.05, 0) is 12.1 Å². The molecule has 4 aromatic heterocycles. The Morgan fingerprint density at radius 3 is 2.62 bits per heavy atom. The number of aryl methyl sites for hydroxylation is 1. The smallest absolute Gasteiger partial charge is 0.212 e. The molecule has 8 heteroatoms. The number of carbonyl (C=O) groups excluding carboxylic acids is 1. The Labute approximate surface area is 149 Å². The number of aromatic nitrogens is 5. The summed E-state index contributed by atoms with van der Waals surface area (Å²) in [6, 6.07) is 5.58. The number of fused-ring (bicyclic) bond motifs is 1. The van der Waals surface area contributed by atoms with Crippen molar-refractivity contribution in [3.63, 3.8) is 0 Å². The number of imidazole rings is 1. The highest BCUT2D eigenvalue weighted by Gasteiger charge is 2.13. The van der Waals surface area contributed by atoms with Crippen molar-refractivity contribution in [2.24, 2.45) is 7.05 Å². The zero-order valence-electron chi connectivity index (χ0n) is 14.2. The van der Waals surface area contributed by atoms with Crippen LogP contribution < -0.4 is 10.1 Å². The summed E-state index contributed by atoms with van der Waals surface area (Å²) < 4.78 is 8.78. The van der Waals surface area contributed by atoms with Gasteiger partial charge >= 0.3 is 0 Å². The fraction of sp³-hybridized carbons (Fsp3) is 0.111. The Morgan fingerprint density at radius 1 is 1.08 bits per heavy atom. The average Bonchev–Trinajstić information content (AvgIpc) is 3.28. The number of pyridine rings is 2. The lowest BCUT2D eigenvalue weighted by molar-refractivity contribution is -0.105. The summed E-state index contributed by atoms with van der Waals surface area (Å²) in [5, 5.41) is 6.94. The van der Waals surface area contributed by atoms with E-state index in [4.69, 9.17) is 4.74 Å². The maximum atomic E-state index is 11.0. The molecular weight excluding hydrogens is 332 g/mol. The quantitative estimate of drug-likeness (QED) is 0.560. The van der Waals surface area contributed by atoms with Gasteiger partial charge in [-0.25, -0.2) is 9.97 Å². The first-order chi connectivity index (χ1) is 12.7. The van der Waals surface area contributed by atoms with Gasteiger partial charge in [0.2, 0.25) is 12.3 Å². The second-order valence-corrected chi connectivity index (χ2v) is 5.73. The van der Waals surface area contributed by atoms with E-state index < -0.39 is 0 Å². The Morgan fingerprint density at radius 2 is 1.96 bits per heavy atom. The average molecular weight is 348 g/mol. The molecule has 0 aliphatic heterocycles. The molecule has 0 saturated heterocycles. The zero-order chi connectivity index (χ0) is 18.1. The minimum Gasteiger partial charge on any atom is -0.481 e. The van der Waals surface area contributed by atoms with Crippen LogP contribution in [0.25, 0.3) is 28.0 Å². The van der Waals surface area contributed by atoms with E-state index in [-0.39, 0.29) is 0 Å². The van der Waals surface area contributed by atoms with Gasteiger partial charge in [0, 0.05) is 48.4 Å². The van der Waals surface area contributed by atoms with Gasteiger partial charge < -0.3 is 10.1 Å². The lowest BCUT2D eigenvalue weighted by atomic mass is 10.1. The number of methoxy groups -OCH3 is 1. The van der Waals surface area contributed by atoms with Gasteiger partial charge in [-0.1, -0.05) is 0 Å². The highest BCUT2D eigenvalue weighted by molar-refractivity contribution is 5.85. The summed E-state index contributed by atoms with van der Waals surface area (Å²) in [7, 11) is 3.44. The van der Waals surface area contributed by atoms with Crippen molar-refractivity contribution in [1.29, 1.82) is 0 Å². The van der Waals surface area contributed by atoms with Crippen molar-refractivity contribution in [1.82, 2.24) is 24.1 Å². The summed E-state index contributed by atoms with van der Waals surface area (Å²) in [5.41, 5.74) is 4.87. The van der Waals surface area contributed by atoms with Gasteiger partial charge in [0.25, 0.3) is 0 Å². The molecule has 0 aliphatic carbocycles. The highest BCUT2D eigenvalue weighted by atomic mass is 16.5. The monoisotopic (exact) mass is 348 g/mol. The third-order valence-corrected chi connectivity index (χ3v) is 4.10. The fourth-order valence-corrected chi connectivity index (χ4v) is 2.85. The van der Waals surface area contributed by atoms with Crippen LogP contribution in [0.5, 0.6) is 5.88 Å². The van der Waals surface area contributed by atoms with Gasteiger partial charge in [0.1, 0.15) is 0 Å². The first-order valence-corrected chi connectivity index (χ1v) is 7.90. The molecule has 4 rings (SSSR count). The van der Waals surface area contributed by atoms with Gasteiger partial charge in [0.05, 0.1) is 30.9 Å². The van der Waals surface area contributed by atoms with Crippen molar-refractivity contribution in [3.8, 4) is 28.3 Å². The molecule has 8 nitrogen and oxygen atoms in total. The minimum atomic E-state index is 0.541. The number of rotatable bonds is 5. The minimum absolute atomic E-state index is 0.541. The van der Waals surface area contributed by atoms with E-state index in [0.29, 0.717) is 23.6 Å². The van der Waals surface area contributed by atoms with Crippen LogP contribution in [-0.4, -0.2) is 37.7 Å². The summed E-state index contributed by atoms with van der Waals surface area (Å²) >= 11 is 0. The number of carbonyl (C=O) groups is 1. The van der Waals surface area contributed by atoms with Crippen LogP contribution in [-0.2, 0) is 11.8 Å². The molecule has 0 fully saturated rings. The number of anilines is 1. The Kier molecular flexibility index (Phi) is 3.85. The zero-order valence-corrected chi connectivity index (χ0v) is 14.2. The number of amides is 1. The van der Waals surface area contributed by atoms with E-state index in [9.17, 15) is 4.79 Å². The van der Waals surface area contributed by atoms with E-state index in [1.165, 1.54) is 0 Å². The van der Waals surface area contributed by atoms with Crippen molar-refractivity contribution >= 4 is 17.7 Å². The van der Waals surface area contributed by atoms with Gasteiger partial charge in [-0.15, -0.1) is 0 Å². The van der Waals surface area contributed by atoms with Crippen molar-refractivity contribution in [2.45, 2.75) is 0 Å². The SMILES string of the molecule is COc1ccc(-c2cc(NC=O)c3ncc(-c4cnn(C)c4)n3c2)cn1. The van der Waals surface area contributed by atoms with Gasteiger partial charge in [0.15, 0.2) is 5.65 Å². The summed E-state index contributed by atoms with van der Waals surface area (Å²) in [6.45, 7) is 0. The molecule has 1 N–H and O–H groups in total. The first-order valence-electron chi connectivity index (χ1n) is 7.90. The van der Waals surface area contributed by atoms with Crippen LogP contribution in [0, 0.1) is 0 Å². The molecule has 26 heavy (non-hydrogen) atoms. The molecule has 0 atom stereocenters.